The molecule has 3 rings (SSSR count). The molecule has 13 heteroatoms. The van der Waals surface area contributed by atoms with Gasteiger partial charge in [-0.25, -0.2) is 19.6 Å². The standard InChI is InChI=1S/C20H26F3N5O5/c1-12(2)32-19(31)28-9-5-14(6-10-28)33-26-13-3-7-27(8-4-13)18-24-11-15(17(29)30)16(25-18)20(21,22)23/h3,11-12,14,26H,4-10H2,1-2H3,(H,29,30). The van der Waals surface area contributed by atoms with Gasteiger partial charge in [-0.3, -0.25) is 10.3 Å². The van der Waals surface area contributed by atoms with Gasteiger partial charge in [-0.15, -0.1) is 0 Å². The predicted octanol–water partition coefficient (Wildman–Crippen LogP) is 2.82. The second kappa shape index (κ2) is 10.2. The maximum absolute atomic E-state index is 13.2. The van der Waals surface area contributed by atoms with Gasteiger partial charge < -0.3 is 19.6 Å². The van der Waals surface area contributed by atoms with E-state index < -0.39 is 23.4 Å². The van der Waals surface area contributed by atoms with Crippen LogP contribution in [0.2, 0.25) is 0 Å². The van der Waals surface area contributed by atoms with Crippen molar-refractivity contribution in [1.29, 1.82) is 0 Å². The third kappa shape index (κ3) is 6.46. The van der Waals surface area contributed by atoms with Gasteiger partial charge in [-0.05, 0) is 32.8 Å². The Bertz CT molecular complexity index is 901. The fraction of sp³-hybridized carbons (Fsp3) is 0.600. The van der Waals surface area contributed by atoms with Crippen molar-refractivity contribution in [3.8, 4) is 0 Å². The highest BCUT2D eigenvalue weighted by Gasteiger charge is 2.38. The molecule has 0 aliphatic carbocycles. The first-order valence-corrected chi connectivity index (χ1v) is 10.5. The maximum atomic E-state index is 13.2. The summed E-state index contributed by atoms with van der Waals surface area (Å²) in [6, 6.07) is 0. The molecule has 1 saturated heterocycles. The number of anilines is 1. The smallest absolute Gasteiger partial charge is 0.434 e. The SMILES string of the molecule is CC(C)OC(=O)N1CCC(ONC2=CCN(c3ncc(C(=O)O)c(C(F)(F)F)n3)CC2)CC1. The predicted molar refractivity (Wildman–Crippen MR) is 109 cm³/mol. The van der Waals surface area contributed by atoms with Crippen LogP contribution >= 0.6 is 0 Å². The molecular formula is C20H26F3N5O5. The monoisotopic (exact) mass is 473 g/mol. The molecule has 0 atom stereocenters. The Morgan fingerprint density at radius 1 is 1.24 bits per heavy atom. The molecule has 2 aliphatic heterocycles. The number of carbonyl (C=O) groups is 2. The summed E-state index contributed by atoms with van der Waals surface area (Å²) in [6.45, 7) is 5.19. The Morgan fingerprint density at radius 3 is 2.48 bits per heavy atom. The molecule has 182 valence electrons. The molecule has 0 aromatic carbocycles. The third-order valence-corrected chi connectivity index (χ3v) is 5.16. The van der Waals surface area contributed by atoms with Crippen molar-refractivity contribution in [2.24, 2.45) is 0 Å². The average molecular weight is 473 g/mol. The molecule has 0 unspecified atom stereocenters. The summed E-state index contributed by atoms with van der Waals surface area (Å²) in [7, 11) is 0. The van der Waals surface area contributed by atoms with Crippen LogP contribution in [0.1, 0.15) is 49.2 Å². The highest BCUT2D eigenvalue weighted by Crippen LogP contribution is 2.31. The number of likely N-dealkylation sites (tertiary alicyclic amines) is 1. The minimum atomic E-state index is -4.90. The van der Waals surface area contributed by atoms with Crippen molar-refractivity contribution in [3.63, 3.8) is 0 Å². The molecule has 33 heavy (non-hydrogen) atoms. The second-order valence-corrected chi connectivity index (χ2v) is 8.00. The summed E-state index contributed by atoms with van der Waals surface area (Å²) in [5, 5.41) is 8.96. The van der Waals surface area contributed by atoms with Crippen molar-refractivity contribution >= 4 is 18.0 Å². The van der Waals surface area contributed by atoms with Crippen LogP contribution in [0.25, 0.3) is 0 Å². The quantitative estimate of drug-likeness (QED) is 0.602. The molecule has 0 radical (unpaired) electrons. The molecule has 0 spiro atoms. The second-order valence-electron chi connectivity index (χ2n) is 8.00. The van der Waals surface area contributed by atoms with E-state index in [2.05, 4.69) is 15.4 Å². The number of alkyl halides is 3. The Hall–Kier alpha value is -3.09. The highest BCUT2D eigenvalue weighted by molar-refractivity contribution is 5.88. The lowest BCUT2D eigenvalue weighted by Crippen LogP contribution is -2.43. The lowest BCUT2D eigenvalue weighted by atomic mass is 10.1. The fourth-order valence-corrected chi connectivity index (χ4v) is 3.43. The summed E-state index contributed by atoms with van der Waals surface area (Å²) in [4.78, 5) is 39.1. The van der Waals surface area contributed by atoms with Gasteiger partial charge in [0.05, 0.1) is 12.2 Å². The van der Waals surface area contributed by atoms with E-state index in [0.29, 0.717) is 45.1 Å². The minimum absolute atomic E-state index is 0.0896. The van der Waals surface area contributed by atoms with Crippen LogP contribution in [0, 0.1) is 0 Å². The van der Waals surface area contributed by atoms with Crippen molar-refractivity contribution in [2.45, 2.75) is 51.5 Å². The number of hydrogen-bond acceptors (Lipinski definition) is 8. The number of carboxylic acids is 1. The number of carboxylic acid groups (broad SMARTS) is 1. The zero-order chi connectivity index (χ0) is 24.2. The van der Waals surface area contributed by atoms with E-state index >= 15 is 0 Å². The van der Waals surface area contributed by atoms with Crippen molar-refractivity contribution < 1.29 is 37.4 Å². The van der Waals surface area contributed by atoms with E-state index in [0.717, 1.165) is 5.70 Å². The summed E-state index contributed by atoms with van der Waals surface area (Å²) in [5.74, 6) is -1.93. The van der Waals surface area contributed by atoms with Gasteiger partial charge in [0.2, 0.25) is 5.95 Å². The number of piperidine rings is 1. The Balaban J connectivity index is 1.51. The van der Waals surface area contributed by atoms with Gasteiger partial charge in [0, 0.05) is 44.5 Å². The minimum Gasteiger partial charge on any atom is -0.478 e. The van der Waals surface area contributed by atoms with E-state index in [9.17, 15) is 22.8 Å². The van der Waals surface area contributed by atoms with Crippen LogP contribution in [0.5, 0.6) is 0 Å². The molecule has 0 bridgehead atoms. The lowest BCUT2D eigenvalue weighted by molar-refractivity contribution is -0.141. The molecule has 3 heterocycles. The Morgan fingerprint density at radius 2 is 1.94 bits per heavy atom. The zero-order valence-electron chi connectivity index (χ0n) is 18.3. The molecule has 1 aromatic rings. The van der Waals surface area contributed by atoms with Crippen LogP contribution < -0.4 is 10.4 Å². The van der Waals surface area contributed by atoms with Crippen LogP contribution in [0.15, 0.2) is 18.0 Å². The van der Waals surface area contributed by atoms with Gasteiger partial charge in [0.1, 0.15) is 5.56 Å². The normalized spacial score (nSPS) is 17.7. The zero-order valence-corrected chi connectivity index (χ0v) is 18.3. The first-order valence-electron chi connectivity index (χ1n) is 10.5. The fourth-order valence-electron chi connectivity index (χ4n) is 3.43. The molecule has 1 aromatic heterocycles. The Kier molecular flexibility index (Phi) is 7.61. The number of amides is 1. The van der Waals surface area contributed by atoms with Crippen molar-refractivity contribution in [1.82, 2.24) is 20.3 Å². The van der Waals surface area contributed by atoms with E-state index in [4.69, 9.17) is 14.7 Å². The number of aromatic carboxylic acids is 1. The third-order valence-electron chi connectivity index (χ3n) is 5.16. The lowest BCUT2D eigenvalue weighted by Gasteiger charge is -2.32. The molecule has 1 fully saturated rings. The first-order chi connectivity index (χ1) is 15.5. The number of nitrogens with one attached hydrogen (secondary N) is 1. The van der Waals surface area contributed by atoms with Crippen LogP contribution in [0.4, 0.5) is 23.9 Å². The number of carbonyl (C=O) groups excluding carboxylic acids is 1. The molecular weight excluding hydrogens is 447 g/mol. The van der Waals surface area contributed by atoms with Crippen LogP contribution in [0.3, 0.4) is 0 Å². The summed E-state index contributed by atoms with van der Waals surface area (Å²) in [6.07, 6.45) is -1.34. The topological polar surface area (TPSA) is 117 Å². The number of aromatic nitrogens is 2. The maximum Gasteiger partial charge on any atom is 0.434 e. The molecule has 10 nitrogen and oxygen atoms in total. The summed E-state index contributed by atoms with van der Waals surface area (Å²) in [5.41, 5.74) is 1.21. The number of rotatable bonds is 6. The number of hydrogen-bond donors (Lipinski definition) is 2. The number of hydroxylamine groups is 1. The summed E-state index contributed by atoms with van der Waals surface area (Å²) < 4.78 is 44.7. The number of halogens is 3. The van der Waals surface area contributed by atoms with Gasteiger partial charge in [-0.1, -0.05) is 0 Å². The van der Waals surface area contributed by atoms with Gasteiger partial charge >= 0.3 is 18.2 Å². The van der Waals surface area contributed by atoms with E-state index in [1.807, 2.05) is 0 Å². The molecule has 1 amide bonds. The molecule has 2 aliphatic rings. The van der Waals surface area contributed by atoms with Crippen LogP contribution in [-0.2, 0) is 15.8 Å². The van der Waals surface area contributed by atoms with E-state index in [1.165, 1.54) is 4.90 Å². The van der Waals surface area contributed by atoms with Crippen molar-refractivity contribution in [3.05, 3.63) is 29.2 Å². The molecule has 2 N–H and O–H groups in total. The van der Waals surface area contributed by atoms with Gasteiger partial charge in [0.15, 0.2) is 5.69 Å². The Labute approximate surface area is 188 Å². The summed E-state index contributed by atoms with van der Waals surface area (Å²) >= 11 is 0. The largest absolute Gasteiger partial charge is 0.478 e. The van der Waals surface area contributed by atoms with Crippen LogP contribution in [-0.4, -0.2) is 70.4 Å². The van der Waals surface area contributed by atoms with E-state index in [1.54, 1.807) is 24.8 Å². The van der Waals surface area contributed by atoms with E-state index in [-0.39, 0.29) is 30.8 Å². The average Bonchev–Trinajstić information content (AvgIpc) is 2.77. The van der Waals surface area contributed by atoms with Gasteiger partial charge in [-0.2, -0.15) is 13.2 Å². The van der Waals surface area contributed by atoms with Gasteiger partial charge in [0.25, 0.3) is 0 Å². The number of nitrogens with zero attached hydrogens (tertiary/aromatic N) is 4. The highest BCUT2D eigenvalue weighted by atomic mass is 19.4. The van der Waals surface area contributed by atoms with Crippen molar-refractivity contribution in [2.75, 3.05) is 31.1 Å². The first kappa shape index (κ1) is 24.6. The molecule has 0 saturated carbocycles. The number of ether oxygens (including phenoxy) is 1.